The van der Waals surface area contributed by atoms with Crippen LogP contribution in [0, 0.1) is 0 Å². The van der Waals surface area contributed by atoms with E-state index in [-0.39, 0.29) is 0 Å². The second-order valence-electron chi connectivity index (χ2n) is 3.06. The third-order valence-corrected chi connectivity index (χ3v) is 2.74. The van der Waals surface area contributed by atoms with Gasteiger partial charge in [0.15, 0.2) is 0 Å². The molecular weight excluding hydrogens is 192 g/mol. The van der Waals surface area contributed by atoms with E-state index in [9.17, 15) is 0 Å². The number of hydrogen-bond acceptors (Lipinski definition) is 3. The molecule has 1 heterocycles. The lowest BCUT2D eigenvalue weighted by Crippen LogP contribution is -2.01. The van der Waals surface area contributed by atoms with Crippen molar-refractivity contribution in [1.82, 2.24) is 0 Å². The molecule has 14 heavy (non-hydrogen) atoms. The molecule has 72 valence electrons. The second kappa shape index (κ2) is 4.15. The summed E-state index contributed by atoms with van der Waals surface area (Å²) in [6.07, 6.45) is 0. The van der Waals surface area contributed by atoms with Gasteiger partial charge in [-0.15, -0.1) is 0 Å². The zero-order valence-corrected chi connectivity index (χ0v) is 8.55. The van der Waals surface area contributed by atoms with Crippen molar-refractivity contribution in [1.29, 1.82) is 0 Å². The van der Waals surface area contributed by atoms with Crippen LogP contribution in [0.3, 0.4) is 0 Å². The number of para-hydroxylation sites is 1. The Kier molecular flexibility index (Phi) is 2.70. The van der Waals surface area contributed by atoms with Crippen LogP contribution in [-0.4, -0.2) is 0 Å². The molecule has 0 radical (unpaired) electrons. The minimum atomic E-state index is 0.781. The first kappa shape index (κ1) is 9.09. The standard InChI is InChI=1S/C11H12N2S/c12-11-4-2-1-3-9(11)7-13-10-5-6-14-8-10/h1-6,8,13H,7,12H2. The Hall–Kier alpha value is -1.48. The summed E-state index contributed by atoms with van der Waals surface area (Å²) in [4.78, 5) is 0. The summed E-state index contributed by atoms with van der Waals surface area (Å²) in [5.74, 6) is 0. The molecule has 0 saturated heterocycles. The van der Waals surface area contributed by atoms with Gasteiger partial charge in [0.05, 0.1) is 0 Å². The summed E-state index contributed by atoms with van der Waals surface area (Å²) in [5, 5.41) is 7.45. The van der Waals surface area contributed by atoms with E-state index in [2.05, 4.69) is 22.1 Å². The van der Waals surface area contributed by atoms with E-state index in [0.29, 0.717) is 0 Å². The number of nitrogen functional groups attached to an aromatic ring is 1. The first-order valence-electron chi connectivity index (χ1n) is 4.46. The summed E-state index contributed by atoms with van der Waals surface area (Å²) in [5.41, 5.74) is 8.95. The maximum Gasteiger partial charge on any atom is 0.0451 e. The van der Waals surface area contributed by atoms with Gasteiger partial charge in [-0.3, -0.25) is 0 Å². The van der Waals surface area contributed by atoms with Gasteiger partial charge in [0.25, 0.3) is 0 Å². The number of nitrogens with two attached hydrogens (primary N) is 1. The molecule has 0 amide bonds. The average Bonchev–Trinajstić information content (AvgIpc) is 2.69. The van der Waals surface area contributed by atoms with Crippen molar-refractivity contribution in [2.45, 2.75) is 6.54 Å². The Labute approximate surface area is 87.4 Å². The lowest BCUT2D eigenvalue weighted by atomic mass is 10.2. The van der Waals surface area contributed by atoms with Crippen LogP contribution in [0.5, 0.6) is 0 Å². The number of anilines is 2. The molecule has 0 atom stereocenters. The third-order valence-electron chi connectivity index (χ3n) is 2.06. The maximum atomic E-state index is 5.82. The molecule has 1 aromatic carbocycles. The fourth-order valence-corrected chi connectivity index (χ4v) is 1.87. The highest BCUT2D eigenvalue weighted by Gasteiger charge is 1.97. The molecule has 0 fully saturated rings. The van der Waals surface area contributed by atoms with E-state index in [1.54, 1.807) is 11.3 Å². The van der Waals surface area contributed by atoms with E-state index in [0.717, 1.165) is 23.5 Å². The van der Waals surface area contributed by atoms with Crippen molar-refractivity contribution in [3.05, 3.63) is 46.7 Å². The molecule has 0 saturated carbocycles. The van der Waals surface area contributed by atoms with Crippen molar-refractivity contribution in [2.75, 3.05) is 11.1 Å². The molecule has 0 aliphatic rings. The lowest BCUT2D eigenvalue weighted by molar-refractivity contribution is 1.16. The van der Waals surface area contributed by atoms with Crippen molar-refractivity contribution < 1.29 is 0 Å². The molecule has 0 spiro atoms. The smallest absolute Gasteiger partial charge is 0.0451 e. The normalized spacial score (nSPS) is 10.0. The van der Waals surface area contributed by atoms with Crippen LogP contribution in [0.4, 0.5) is 11.4 Å². The third kappa shape index (κ3) is 2.06. The summed E-state index contributed by atoms with van der Waals surface area (Å²) in [7, 11) is 0. The molecule has 1 aromatic heterocycles. The Balaban J connectivity index is 2.02. The quantitative estimate of drug-likeness (QED) is 0.754. The SMILES string of the molecule is Nc1ccccc1CNc1ccsc1. The van der Waals surface area contributed by atoms with Crippen LogP contribution in [0.1, 0.15) is 5.56 Å². The van der Waals surface area contributed by atoms with Gasteiger partial charge in [0.1, 0.15) is 0 Å². The monoisotopic (exact) mass is 204 g/mol. The average molecular weight is 204 g/mol. The zero-order valence-electron chi connectivity index (χ0n) is 7.73. The van der Waals surface area contributed by atoms with E-state index in [4.69, 9.17) is 5.73 Å². The molecule has 0 aliphatic heterocycles. The molecule has 0 aliphatic carbocycles. The topological polar surface area (TPSA) is 38.0 Å². The highest BCUT2D eigenvalue weighted by atomic mass is 32.1. The van der Waals surface area contributed by atoms with Crippen LogP contribution in [-0.2, 0) is 6.54 Å². The van der Waals surface area contributed by atoms with E-state index >= 15 is 0 Å². The summed E-state index contributed by atoms with van der Waals surface area (Å²) in [6.45, 7) is 0.781. The molecule has 3 heteroatoms. The Morgan fingerprint density at radius 3 is 2.79 bits per heavy atom. The van der Waals surface area contributed by atoms with Crippen LogP contribution in [0.2, 0.25) is 0 Å². The van der Waals surface area contributed by atoms with Gasteiger partial charge >= 0.3 is 0 Å². The fourth-order valence-electron chi connectivity index (χ4n) is 1.26. The highest BCUT2D eigenvalue weighted by molar-refractivity contribution is 7.08. The Morgan fingerprint density at radius 1 is 1.21 bits per heavy atom. The van der Waals surface area contributed by atoms with E-state index < -0.39 is 0 Å². The summed E-state index contributed by atoms with van der Waals surface area (Å²) >= 11 is 1.69. The fraction of sp³-hybridized carbons (Fsp3) is 0.0909. The minimum absolute atomic E-state index is 0.781. The summed E-state index contributed by atoms with van der Waals surface area (Å²) < 4.78 is 0. The van der Waals surface area contributed by atoms with Gasteiger partial charge in [-0.2, -0.15) is 11.3 Å². The van der Waals surface area contributed by atoms with Crippen molar-refractivity contribution in [3.63, 3.8) is 0 Å². The molecule has 2 rings (SSSR count). The summed E-state index contributed by atoms with van der Waals surface area (Å²) in [6, 6.07) is 9.97. The molecule has 2 nitrogen and oxygen atoms in total. The number of benzene rings is 1. The Morgan fingerprint density at radius 2 is 2.07 bits per heavy atom. The van der Waals surface area contributed by atoms with Crippen molar-refractivity contribution in [3.8, 4) is 0 Å². The number of nitrogens with one attached hydrogen (secondary N) is 1. The second-order valence-corrected chi connectivity index (χ2v) is 3.84. The zero-order chi connectivity index (χ0) is 9.80. The van der Waals surface area contributed by atoms with Gasteiger partial charge in [-0.05, 0) is 23.1 Å². The lowest BCUT2D eigenvalue weighted by Gasteiger charge is -2.06. The van der Waals surface area contributed by atoms with Crippen LogP contribution in [0.25, 0.3) is 0 Å². The molecule has 0 bridgehead atoms. The first-order valence-corrected chi connectivity index (χ1v) is 5.40. The van der Waals surface area contributed by atoms with E-state index in [1.807, 2.05) is 24.3 Å². The van der Waals surface area contributed by atoms with Crippen LogP contribution >= 0.6 is 11.3 Å². The van der Waals surface area contributed by atoms with Gasteiger partial charge in [0, 0.05) is 23.3 Å². The predicted molar refractivity (Wildman–Crippen MR) is 62.5 cm³/mol. The van der Waals surface area contributed by atoms with Gasteiger partial charge < -0.3 is 11.1 Å². The van der Waals surface area contributed by atoms with Gasteiger partial charge in [-0.25, -0.2) is 0 Å². The number of hydrogen-bond donors (Lipinski definition) is 2. The molecule has 3 N–H and O–H groups in total. The van der Waals surface area contributed by atoms with Crippen LogP contribution < -0.4 is 11.1 Å². The predicted octanol–water partition coefficient (Wildman–Crippen LogP) is 2.94. The van der Waals surface area contributed by atoms with Gasteiger partial charge in [-0.1, -0.05) is 18.2 Å². The van der Waals surface area contributed by atoms with Crippen molar-refractivity contribution in [2.24, 2.45) is 0 Å². The first-order chi connectivity index (χ1) is 6.86. The minimum Gasteiger partial charge on any atom is -0.398 e. The molecule has 0 unspecified atom stereocenters. The molecule has 2 aromatic rings. The maximum absolute atomic E-state index is 5.82. The van der Waals surface area contributed by atoms with E-state index in [1.165, 1.54) is 0 Å². The number of thiophene rings is 1. The Bertz CT molecular complexity index is 395. The van der Waals surface area contributed by atoms with Gasteiger partial charge in [0.2, 0.25) is 0 Å². The largest absolute Gasteiger partial charge is 0.398 e. The van der Waals surface area contributed by atoms with Crippen LogP contribution in [0.15, 0.2) is 41.1 Å². The highest BCUT2D eigenvalue weighted by Crippen LogP contribution is 2.15. The molecular formula is C11H12N2S. The number of rotatable bonds is 3. The van der Waals surface area contributed by atoms with Crippen molar-refractivity contribution >= 4 is 22.7 Å².